The van der Waals surface area contributed by atoms with E-state index in [9.17, 15) is 0 Å². The molecule has 2 aromatic rings. The summed E-state index contributed by atoms with van der Waals surface area (Å²) in [5, 5.41) is 0. The van der Waals surface area contributed by atoms with Crippen LogP contribution in [0.2, 0.25) is 0 Å². The van der Waals surface area contributed by atoms with E-state index in [4.69, 9.17) is 4.18 Å². The molecule has 7 heteroatoms. The smallest absolute Gasteiger partial charge is 0.163 e. The number of aromatic nitrogens is 4. The van der Waals surface area contributed by atoms with Gasteiger partial charge >= 0.3 is 0 Å². The Bertz CT molecular complexity index is 546. The van der Waals surface area contributed by atoms with Crippen LogP contribution in [0.4, 0.5) is 0 Å². The lowest BCUT2D eigenvalue weighted by Crippen LogP contribution is -2.15. The molecule has 1 saturated carbocycles. The molecule has 0 saturated heterocycles. The molecule has 1 aliphatic carbocycles. The van der Waals surface area contributed by atoms with Gasteiger partial charge in [-0.1, -0.05) is 0 Å². The molecule has 2 aromatic heterocycles. The van der Waals surface area contributed by atoms with E-state index < -0.39 is 0 Å². The first-order chi connectivity index (χ1) is 9.38. The van der Waals surface area contributed by atoms with Crippen LogP contribution in [0.5, 0.6) is 0 Å². The number of fused-ring (bicyclic) bond motifs is 1. The van der Waals surface area contributed by atoms with Gasteiger partial charge in [-0.05, 0) is 25.2 Å². The maximum absolute atomic E-state index is 4.93. The molecule has 1 aliphatic rings. The number of hydrogen-bond donors (Lipinski definition) is 1. The molecular formula is C12H17N5OS. The molecule has 2 unspecified atom stereocenters. The Morgan fingerprint density at radius 1 is 1.47 bits per heavy atom. The lowest BCUT2D eigenvalue weighted by atomic mass is 10.1. The second-order valence-electron chi connectivity index (χ2n) is 4.81. The van der Waals surface area contributed by atoms with E-state index in [-0.39, 0.29) is 0 Å². The van der Waals surface area contributed by atoms with E-state index in [0.717, 1.165) is 24.1 Å². The molecule has 1 N–H and O–H groups in total. The van der Waals surface area contributed by atoms with Crippen LogP contribution in [0.25, 0.3) is 11.2 Å². The fourth-order valence-corrected chi connectivity index (χ4v) is 3.17. The van der Waals surface area contributed by atoms with Crippen molar-refractivity contribution in [2.24, 2.45) is 5.92 Å². The molecule has 0 aliphatic heterocycles. The molecule has 2 atom stereocenters. The molecule has 2 heterocycles. The van der Waals surface area contributed by atoms with Crippen molar-refractivity contribution in [1.82, 2.24) is 24.2 Å². The average Bonchev–Trinajstić information content (AvgIpc) is 3.05. The Balaban J connectivity index is 1.67. The maximum Gasteiger partial charge on any atom is 0.163 e. The third-order valence-corrected chi connectivity index (χ3v) is 4.11. The average molecular weight is 279 g/mol. The quantitative estimate of drug-likeness (QED) is 0.513. The highest BCUT2D eigenvalue weighted by atomic mass is 32.2. The van der Waals surface area contributed by atoms with Gasteiger partial charge < -0.3 is 8.75 Å². The summed E-state index contributed by atoms with van der Waals surface area (Å²) in [5.41, 5.74) is 1.82. The van der Waals surface area contributed by atoms with Crippen molar-refractivity contribution in [3.05, 3.63) is 18.9 Å². The third kappa shape index (κ3) is 2.72. The first-order valence-corrected chi connectivity index (χ1v) is 7.17. The van der Waals surface area contributed by atoms with Crippen LogP contribution < -0.4 is 4.72 Å². The summed E-state index contributed by atoms with van der Waals surface area (Å²) in [4.78, 5) is 12.7. The molecule has 3 rings (SSSR count). The molecular weight excluding hydrogens is 262 g/mol. The Hall–Kier alpha value is -1.18. The van der Waals surface area contributed by atoms with E-state index in [1.54, 1.807) is 19.6 Å². The Morgan fingerprint density at radius 2 is 2.42 bits per heavy atom. The summed E-state index contributed by atoms with van der Waals surface area (Å²) in [5.74, 6) is 0.687. The van der Waals surface area contributed by atoms with Gasteiger partial charge in [0.15, 0.2) is 5.65 Å². The van der Waals surface area contributed by atoms with Crippen molar-refractivity contribution in [3.8, 4) is 0 Å². The number of imidazole rings is 1. The Kier molecular flexibility index (Phi) is 3.95. The Morgan fingerprint density at radius 3 is 3.32 bits per heavy atom. The van der Waals surface area contributed by atoms with E-state index >= 15 is 0 Å². The number of hydrogen-bond acceptors (Lipinski definition) is 6. The van der Waals surface area contributed by atoms with Crippen LogP contribution in [-0.2, 0) is 4.18 Å². The minimum Gasteiger partial charge on any atom is -0.312 e. The van der Waals surface area contributed by atoms with Gasteiger partial charge in [0.1, 0.15) is 11.8 Å². The number of rotatable bonds is 5. The van der Waals surface area contributed by atoms with E-state index in [0.29, 0.717) is 12.0 Å². The minimum atomic E-state index is 0.499. The normalized spacial score (nSPS) is 23.2. The second-order valence-corrected chi connectivity index (χ2v) is 5.60. The van der Waals surface area contributed by atoms with Gasteiger partial charge in [0, 0.05) is 12.6 Å². The summed E-state index contributed by atoms with van der Waals surface area (Å²) >= 11 is 1.31. The molecule has 19 heavy (non-hydrogen) atoms. The molecule has 102 valence electrons. The van der Waals surface area contributed by atoms with Gasteiger partial charge in [-0.15, -0.1) is 0 Å². The molecule has 1 fully saturated rings. The van der Waals surface area contributed by atoms with Crippen LogP contribution in [0.15, 0.2) is 18.9 Å². The highest BCUT2D eigenvalue weighted by Crippen LogP contribution is 2.35. The lowest BCUT2D eigenvalue weighted by Gasteiger charge is -2.13. The summed E-state index contributed by atoms with van der Waals surface area (Å²) in [6, 6.07) is 0.499. The van der Waals surface area contributed by atoms with Crippen molar-refractivity contribution in [2.45, 2.75) is 25.3 Å². The fourth-order valence-electron chi connectivity index (χ4n) is 2.75. The molecule has 0 radical (unpaired) electrons. The lowest BCUT2D eigenvalue weighted by molar-refractivity contribution is 0.460. The second kappa shape index (κ2) is 5.85. The first kappa shape index (κ1) is 12.8. The highest BCUT2D eigenvalue weighted by Gasteiger charge is 2.26. The highest BCUT2D eigenvalue weighted by molar-refractivity contribution is 7.92. The standard InChI is InChI=1S/C12H17N5OS/c1-18-19-16-5-9-2-3-10(4-9)17-8-15-11-6-13-7-14-12(11)17/h6-10,16H,2-5H2,1H3. The first-order valence-electron chi connectivity index (χ1n) is 6.43. The molecule has 0 aromatic carbocycles. The summed E-state index contributed by atoms with van der Waals surface area (Å²) in [7, 11) is 1.67. The van der Waals surface area contributed by atoms with Gasteiger partial charge in [0.2, 0.25) is 0 Å². The molecule has 0 spiro atoms. The Labute approximate surface area is 116 Å². The van der Waals surface area contributed by atoms with Gasteiger partial charge in [0.05, 0.1) is 31.9 Å². The zero-order valence-electron chi connectivity index (χ0n) is 10.8. The molecule has 6 nitrogen and oxygen atoms in total. The zero-order chi connectivity index (χ0) is 13.1. The van der Waals surface area contributed by atoms with Crippen LogP contribution in [0.3, 0.4) is 0 Å². The predicted molar refractivity (Wildman–Crippen MR) is 74.3 cm³/mol. The minimum absolute atomic E-state index is 0.499. The zero-order valence-corrected chi connectivity index (χ0v) is 11.6. The van der Waals surface area contributed by atoms with E-state index in [1.807, 2.05) is 6.33 Å². The number of nitrogens with zero attached hydrogens (tertiary/aromatic N) is 4. The van der Waals surface area contributed by atoms with Gasteiger partial charge in [0.25, 0.3) is 0 Å². The third-order valence-electron chi connectivity index (χ3n) is 3.66. The van der Waals surface area contributed by atoms with Crippen molar-refractivity contribution in [1.29, 1.82) is 0 Å². The SMILES string of the molecule is COSNCC1CCC(n2cnc3cncnc32)C1. The van der Waals surface area contributed by atoms with Crippen molar-refractivity contribution >= 4 is 23.4 Å². The maximum atomic E-state index is 4.93. The van der Waals surface area contributed by atoms with Gasteiger partial charge in [-0.3, -0.25) is 0 Å². The summed E-state index contributed by atoms with van der Waals surface area (Å²) in [6.07, 6.45) is 8.81. The van der Waals surface area contributed by atoms with Crippen molar-refractivity contribution < 1.29 is 4.18 Å². The van der Waals surface area contributed by atoms with Crippen LogP contribution in [-0.4, -0.2) is 33.2 Å². The van der Waals surface area contributed by atoms with Gasteiger partial charge in [-0.2, -0.15) is 0 Å². The van der Waals surface area contributed by atoms with Crippen LogP contribution >= 0.6 is 12.2 Å². The monoisotopic (exact) mass is 279 g/mol. The van der Waals surface area contributed by atoms with Gasteiger partial charge in [-0.25, -0.2) is 19.7 Å². The molecule has 0 amide bonds. The van der Waals surface area contributed by atoms with Crippen molar-refractivity contribution in [2.75, 3.05) is 13.7 Å². The van der Waals surface area contributed by atoms with E-state index in [1.165, 1.54) is 25.1 Å². The summed E-state index contributed by atoms with van der Waals surface area (Å²) in [6.45, 7) is 0.983. The number of nitrogens with one attached hydrogen (secondary N) is 1. The van der Waals surface area contributed by atoms with E-state index in [2.05, 4.69) is 24.2 Å². The molecule has 0 bridgehead atoms. The largest absolute Gasteiger partial charge is 0.312 e. The predicted octanol–water partition coefficient (Wildman–Crippen LogP) is 1.97. The van der Waals surface area contributed by atoms with Crippen LogP contribution in [0.1, 0.15) is 25.3 Å². The fraction of sp³-hybridized carbons (Fsp3) is 0.583. The van der Waals surface area contributed by atoms with Crippen LogP contribution in [0, 0.1) is 5.92 Å². The van der Waals surface area contributed by atoms with Crippen molar-refractivity contribution in [3.63, 3.8) is 0 Å². The topological polar surface area (TPSA) is 64.9 Å². The summed E-state index contributed by atoms with van der Waals surface area (Å²) < 4.78 is 10.4.